The molecule has 1 aliphatic heterocycles. The second-order valence-corrected chi connectivity index (χ2v) is 11.0. The number of rotatable bonds is 7. The van der Waals surface area contributed by atoms with Crippen molar-refractivity contribution in [3.8, 4) is 5.75 Å². The van der Waals surface area contributed by atoms with E-state index in [0.29, 0.717) is 22.4 Å². The maximum Gasteiger partial charge on any atom is 0.139 e. The number of hydrogen-bond donors (Lipinski definition) is 1. The minimum absolute atomic E-state index is 0.0969. The molecule has 0 saturated carbocycles. The van der Waals surface area contributed by atoms with E-state index >= 15 is 0 Å². The van der Waals surface area contributed by atoms with Crippen LogP contribution in [-0.2, 0) is 21.3 Å². The van der Waals surface area contributed by atoms with E-state index in [0.717, 1.165) is 28.1 Å². The lowest BCUT2D eigenvalue weighted by molar-refractivity contribution is -0.121. The van der Waals surface area contributed by atoms with Crippen LogP contribution in [0.3, 0.4) is 0 Å². The molecule has 36 heavy (non-hydrogen) atoms. The number of nitrogens with one attached hydrogen (secondary N) is 1. The molecule has 0 amide bonds. The quantitative estimate of drug-likeness (QED) is 0.350. The van der Waals surface area contributed by atoms with E-state index in [4.69, 9.17) is 32.9 Å². The third kappa shape index (κ3) is 4.42. The monoisotopic (exact) mass is 522 g/mol. The summed E-state index contributed by atoms with van der Waals surface area (Å²) in [5.41, 5.74) is 1.95. The summed E-state index contributed by atoms with van der Waals surface area (Å²) in [6.45, 7) is 12.2. The lowest BCUT2D eigenvalue weighted by atomic mass is 9.72. The van der Waals surface area contributed by atoms with E-state index in [1.54, 1.807) is 6.92 Å². The van der Waals surface area contributed by atoms with Gasteiger partial charge in [-0.05, 0) is 94.6 Å². The number of ketones is 1. The Morgan fingerprint density at radius 3 is 2.03 bits per heavy atom. The van der Waals surface area contributed by atoms with E-state index in [2.05, 4.69) is 19.2 Å². The van der Waals surface area contributed by atoms with Gasteiger partial charge in [-0.1, -0.05) is 53.5 Å². The lowest BCUT2D eigenvalue weighted by Crippen LogP contribution is -2.50. The predicted octanol–water partition coefficient (Wildman–Crippen LogP) is 7.44. The minimum atomic E-state index is -0.665. The van der Waals surface area contributed by atoms with Gasteiger partial charge in [0.15, 0.2) is 0 Å². The Labute approximate surface area is 223 Å². The zero-order valence-electron chi connectivity index (χ0n) is 21.6. The van der Waals surface area contributed by atoms with Gasteiger partial charge in [0.25, 0.3) is 0 Å². The number of carbonyl (C=O) groups excluding carboxylic acids is 1. The standard InChI is InChI=1S/C30H32Cl2N2O2/c1-7-36-26-18-22(28(3,4)19(2)35)12-17-25(26)27-33-29(5,20-8-13-23(31)14-9-20)30(6,34-27)21-10-15-24(32)16-11-21/h8-18H,7H2,1-6H3,(H,33,34)/t29-,30+. The number of ether oxygens (including phenoxy) is 1. The molecular formula is C30H32Cl2N2O2. The van der Waals surface area contributed by atoms with Gasteiger partial charge in [0.1, 0.15) is 22.9 Å². The van der Waals surface area contributed by atoms with Crippen molar-refractivity contribution < 1.29 is 9.53 Å². The van der Waals surface area contributed by atoms with E-state index < -0.39 is 16.5 Å². The molecule has 0 aliphatic carbocycles. The fourth-order valence-electron chi connectivity index (χ4n) is 4.70. The Balaban J connectivity index is 1.89. The third-order valence-corrected chi connectivity index (χ3v) is 8.15. The molecular weight excluding hydrogens is 491 g/mol. The zero-order valence-corrected chi connectivity index (χ0v) is 23.1. The fraction of sp³-hybridized carbons (Fsp3) is 0.333. The van der Waals surface area contributed by atoms with Gasteiger partial charge in [-0.25, -0.2) is 0 Å². The second-order valence-electron chi connectivity index (χ2n) is 10.1. The molecule has 6 heteroatoms. The highest BCUT2D eigenvalue weighted by Gasteiger charge is 2.52. The van der Waals surface area contributed by atoms with Crippen molar-refractivity contribution in [1.82, 2.24) is 5.32 Å². The molecule has 1 N–H and O–H groups in total. The minimum Gasteiger partial charge on any atom is -0.493 e. The molecule has 3 aromatic rings. The first-order chi connectivity index (χ1) is 16.9. The van der Waals surface area contributed by atoms with Crippen LogP contribution < -0.4 is 10.1 Å². The average Bonchev–Trinajstić information content (AvgIpc) is 3.12. The maximum absolute atomic E-state index is 12.3. The Hall–Kier alpha value is -2.82. The van der Waals surface area contributed by atoms with Crippen LogP contribution in [0.2, 0.25) is 10.0 Å². The van der Waals surface area contributed by atoms with Gasteiger partial charge in [0.05, 0.1) is 17.7 Å². The van der Waals surface area contributed by atoms with Crippen LogP contribution in [0.5, 0.6) is 5.75 Å². The number of benzene rings is 3. The number of aliphatic imine (C=N–C) groups is 1. The molecule has 4 nitrogen and oxygen atoms in total. The summed E-state index contributed by atoms with van der Waals surface area (Å²) in [6, 6.07) is 21.6. The van der Waals surface area contributed by atoms with Gasteiger partial charge in [-0.2, -0.15) is 0 Å². The predicted molar refractivity (Wildman–Crippen MR) is 149 cm³/mol. The zero-order chi connectivity index (χ0) is 26.3. The Morgan fingerprint density at radius 1 is 0.944 bits per heavy atom. The topological polar surface area (TPSA) is 50.7 Å². The van der Waals surface area contributed by atoms with E-state index in [1.807, 2.05) is 87.5 Å². The number of Topliss-reactive ketones (excluding diaryl/α,β-unsaturated/α-hetero) is 1. The van der Waals surface area contributed by atoms with Crippen LogP contribution >= 0.6 is 23.2 Å². The van der Waals surface area contributed by atoms with Crippen molar-refractivity contribution in [2.75, 3.05) is 6.61 Å². The average molecular weight is 524 g/mol. The van der Waals surface area contributed by atoms with Crippen LogP contribution in [0.1, 0.15) is 63.8 Å². The number of carbonyl (C=O) groups is 1. The molecule has 0 aromatic heterocycles. The summed E-state index contributed by atoms with van der Waals surface area (Å²) >= 11 is 12.4. The van der Waals surface area contributed by atoms with E-state index in [1.165, 1.54) is 0 Å². The third-order valence-electron chi connectivity index (χ3n) is 7.64. The van der Waals surface area contributed by atoms with Gasteiger partial charge >= 0.3 is 0 Å². The van der Waals surface area contributed by atoms with Crippen molar-refractivity contribution in [3.63, 3.8) is 0 Å². The second kappa shape index (κ2) is 9.57. The summed E-state index contributed by atoms with van der Waals surface area (Å²) in [4.78, 5) is 17.6. The molecule has 0 radical (unpaired) electrons. The molecule has 0 unspecified atom stereocenters. The number of amidine groups is 1. The number of nitrogens with zero attached hydrogens (tertiary/aromatic N) is 1. The number of hydrogen-bond acceptors (Lipinski definition) is 4. The highest BCUT2D eigenvalue weighted by atomic mass is 35.5. The summed E-state index contributed by atoms with van der Waals surface area (Å²) < 4.78 is 6.08. The summed E-state index contributed by atoms with van der Waals surface area (Å²) in [5.74, 6) is 1.51. The van der Waals surface area contributed by atoms with Crippen molar-refractivity contribution in [2.45, 2.75) is 58.0 Å². The van der Waals surface area contributed by atoms with Crippen molar-refractivity contribution >= 4 is 34.8 Å². The van der Waals surface area contributed by atoms with Crippen molar-refractivity contribution in [3.05, 3.63) is 99.0 Å². The van der Waals surface area contributed by atoms with Gasteiger partial charge in [0.2, 0.25) is 0 Å². The van der Waals surface area contributed by atoms with Crippen molar-refractivity contribution in [1.29, 1.82) is 0 Å². The van der Waals surface area contributed by atoms with Crippen LogP contribution in [0.4, 0.5) is 0 Å². The van der Waals surface area contributed by atoms with E-state index in [9.17, 15) is 4.79 Å². The van der Waals surface area contributed by atoms with Crippen LogP contribution in [-0.4, -0.2) is 18.2 Å². The molecule has 0 saturated heterocycles. The first kappa shape index (κ1) is 26.2. The van der Waals surface area contributed by atoms with Gasteiger partial charge in [0, 0.05) is 15.5 Å². The van der Waals surface area contributed by atoms with E-state index in [-0.39, 0.29) is 5.78 Å². The molecule has 0 fully saturated rings. The summed E-state index contributed by atoms with van der Waals surface area (Å²) in [6.07, 6.45) is 0. The van der Waals surface area contributed by atoms with Gasteiger partial charge in [-0.15, -0.1) is 0 Å². The Kier molecular flexibility index (Phi) is 6.98. The molecule has 3 aromatic carbocycles. The largest absolute Gasteiger partial charge is 0.493 e. The summed E-state index contributed by atoms with van der Waals surface area (Å²) in [5, 5.41) is 5.08. The first-order valence-corrected chi connectivity index (χ1v) is 12.9. The smallest absolute Gasteiger partial charge is 0.139 e. The van der Waals surface area contributed by atoms with Gasteiger partial charge < -0.3 is 10.1 Å². The first-order valence-electron chi connectivity index (χ1n) is 12.1. The van der Waals surface area contributed by atoms with Crippen LogP contribution in [0.15, 0.2) is 71.7 Å². The van der Waals surface area contributed by atoms with Gasteiger partial charge in [-0.3, -0.25) is 9.79 Å². The Bertz CT molecular complexity index is 1320. The highest BCUT2D eigenvalue weighted by Crippen LogP contribution is 2.48. The molecule has 1 aliphatic rings. The molecule has 1 heterocycles. The molecule has 4 rings (SSSR count). The normalized spacial score (nSPS) is 21.6. The summed E-state index contributed by atoms with van der Waals surface area (Å²) in [7, 11) is 0. The molecule has 2 atom stereocenters. The molecule has 188 valence electrons. The fourth-order valence-corrected chi connectivity index (χ4v) is 4.95. The lowest BCUT2D eigenvalue weighted by Gasteiger charge is -2.40. The van der Waals surface area contributed by atoms with Crippen molar-refractivity contribution in [2.24, 2.45) is 4.99 Å². The highest BCUT2D eigenvalue weighted by molar-refractivity contribution is 6.30. The number of halogens is 2. The maximum atomic E-state index is 12.3. The SMILES string of the molecule is CCOc1cc(C(C)(C)C(C)=O)ccc1C1=N[C@@](C)(c2ccc(Cl)cc2)[C@@](C)(c2ccc(Cl)cc2)N1. The van der Waals surface area contributed by atoms with Crippen LogP contribution in [0, 0.1) is 0 Å². The molecule has 0 spiro atoms. The van der Waals surface area contributed by atoms with Crippen LogP contribution in [0.25, 0.3) is 0 Å². The molecule has 0 bridgehead atoms. The Morgan fingerprint density at radius 2 is 1.50 bits per heavy atom.